The molecule has 0 rings (SSSR count). The second-order valence-electron chi connectivity index (χ2n) is 2.91. The van der Waals surface area contributed by atoms with Crippen LogP contribution in [0.15, 0.2) is 0 Å². The van der Waals surface area contributed by atoms with E-state index in [0.717, 1.165) is 0 Å². The molecular formula is C6H2F8O4. The van der Waals surface area contributed by atoms with Crippen molar-refractivity contribution in [1.82, 2.24) is 0 Å². The molecule has 0 aromatic carbocycles. The Kier molecular flexibility index (Phi) is 3.59. The van der Waals surface area contributed by atoms with Crippen molar-refractivity contribution >= 4 is 11.9 Å². The van der Waals surface area contributed by atoms with Crippen molar-refractivity contribution < 1.29 is 54.9 Å². The van der Waals surface area contributed by atoms with Gasteiger partial charge in [0, 0.05) is 0 Å². The molecule has 2 N–H and O–H groups in total. The zero-order chi connectivity index (χ0) is 15.2. The molecule has 0 aliphatic carbocycles. The maximum absolute atomic E-state index is 12.5. The normalized spacial score (nSPS) is 14.4. The van der Waals surface area contributed by atoms with Crippen LogP contribution in [0.3, 0.4) is 0 Å². The van der Waals surface area contributed by atoms with E-state index in [0.29, 0.717) is 0 Å². The first-order chi connectivity index (χ1) is 7.64. The molecule has 0 aliphatic rings. The van der Waals surface area contributed by atoms with Crippen LogP contribution in [-0.4, -0.2) is 45.8 Å². The average molecular weight is 290 g/mol. The van der Waals surface area contributed by atoms with Crippen LogP contribution in [0, 0.1) is 0 Å². The Balaban J connectivity index is 5.89. The molecule has 106 valence electrons. The van der Waals surface area contributed by atoms with Crippen molar-refractivity contribution in [3.8, 4) is 0 Å². The summed E-state index contributed by atoms with van der Waals surface area (Å²) in [6.07, 6.45) is 0. The standard InChI is InChI=1S/C6H2F8O4/c7-3(8,1(15)16)5(11,12)6(13,14)4(9,10)2(17)18/h(H,15,16)(H,17,18). The summed E-state index contributed by atoms with van der Waals surface area (Å²) in [6.45, 7) is 0. The molecule has 0 aromatic heterocycles. The summed E-state index contributed by atoms with van der Waals surface area (Å²) in [6, 6.07) is 0. The molecule has 12 heteroatoms. The number of halogens is 8. The summed E-state index contributed by atoms with van der Waals surface area (Å²) >= 11 is 0. The zero-order valence-corrected chi connectivity index (χ0v) is 7.73. The third-order valence-electron chi connectivity index (χ3n) is 1.72. The Morgan fingerprint density at radius 2 is 0.778 bits per heavy atom. The lowest BCUT2D eigenvalue weighted by Gasteiger charge is -2.32. The van der Waals surface area contributed by atoms with Crippen LogP contribution in [0.4, 0.5) is 35.1 Å². The van der Waals surface area contributed by atoms with E-state index in [9.17, 15) is 44.7 Å². The molecule has 0 aliphatic heterocycles. The molecule has 0 spiro atoms. The van der Waals surface area contributed by atoms with Gasteiger partial charge in [-0.3, -0.25) is 0 Å². The summed E-state index contributed by atoms with van der Waals surface area (Å²) < 4.78 is 98.9. The summed E-state index contributed by atoms with van der Waals surface area (Å²) in [5.74, 6) is -35.0. The molecule has 4 nitrogen and oxygen atoms in total. The summed E-state index contributed by atoms with van der Waals surface area (Å²) in [5, 5.41) is 15.2. The van der Waals surface area contributed by atoms with Gasteiger partial charge in [0.1, 0.15) is 0 Å². The van der Waals surface area contributed by atoms with Gasteiger partial charge in [-0.2, -0.15) is 35.1 Å². The van der Waals surface area contributed by atoms with Crippen LogP contribution in [0.5, 0.6) is 0 Å². The largest absolute Gasteiger partial charge is 0.477 e. The van der Waals surface area contributed by atoms with Crippen molar-refractivity contribution in [1.29, 1.82) is 0 Å². The summed E-state index contributed by atoms with van der Waals surface area (Å²) in [7, 11) is 0. The SMILES string of the molecule is O=C(O)C(F)(F)C(F)(F)C(F)(F)C(F)(F)C(=O)O. The molecule has 0 radical (unpaired) electrons. The molecule has 0 aromatic rings. The van der Waals surface area contributed by atoms with Crippen LogP contribution >= 0.6 is 0 Å². The second-order valence-corrected chi connectivity index (χ2v) is 2.91. The Morgan fingerprint density at radius 3 is 0.889 bits per heavy atom. The van der Waals surface area contributed by atoms with E-state index in [2.05, 4.69) is 0 Å². The van der Waals surface area contributed by atoms with Crippen molar-refractivity contribution in [3.63, 3.8) is 0 Å². The van der Waals surface area contributed by atoms with Gasteiger partial charge in [0.2, 0.25) is 0 Å². The molecule has 0 bridgehead atoms. The first kappa shape index (κ1) is 16.4. The quantitative estimate of drug-likeness (QED) is 0.756. The van der Waals surface area contributed by atoms with Crippen LogP contribution in [0.25, 0.3) is 0 Å². The number of alkyl halides is 8. The van der Waals surface area contributed by atoms with Gasteiger partial charge < -0.3 is 10.2 Å². The van der Waals surface area contributed by atoms with Gasteiger partial charge in [0.25, 0.3) is 0 Å². The van der Waals surface area contributed by atoms with Crippen LogP contribution in [0.1, 0.15) is 0 Å². The first-order valence-electron chi connectivity index (χ1n) is 3.62. The van der Waals surface area contributed by atoms with E-state index in [4.69, 9.17) is 10.2 Å². The number of hydrogen-bond donors (Lipinski definition) is 2. The van der Waals surface area contributed by atoms with Gasteiger partial charge in [-0.25, -0.2) is 9.59 Å². The smallest absolute Gasteiger partial charge is 0.410 e. The third kappa shape index (κ3) is 1.84. The maximum atomic E-state index is 12.5. The minimum Gasteiger partial charge on any atom is -0.477 e. The number of carboxylic acids is 2. The molecule has 0 heterocycles. The molecule has 0 atom stereocenters. The number of hydrogen-bond acceptors (Lipinski definition) is 2. The van der Waals surface area contributed by atoms with Crippen LogP contribution in [0.2, 0.25) is 0 Å². The Morgan fingerprint density at radius 1 is 0.611 bits per heavy atom. The highest BCUT2D eigenvalue weighted by atomic mass is 19.4. The molecule has 0 saturated carbocycles. The highest BCUT2D eigenvalue weighted by Crippen LogP contribution is 2.52. The van der Waals surface area contributed by atoms with Crippen LogP contribution < -0.4 is 0 Å². The van der Waals surface area contributed by atoms with Gasteiger partial charge in [-0.05, 0) is 0 Å². The minimum absolute atomic E-state index is 3.81. The lowest BCUT2D eigenvalue weighted by molar-refractivity contribution is -0.353. The van der Waals surface area contributed by atoms with E-state index in [1.807, 2.05) is 0 Å². The fourth-order valence-electron chi connectivity index (χ4n) is 0.663. The van der Waals surface area contributed by atoms with E-state index in [-0.39, 0.29) is 0 Å². The topological polar surface area (TPSA) is 74.6 Å². The van der Waals surface area contributed by atoms with Gasteiger partial charge in [-0.15, -0.1) is 0 Å². The van der Waals surface area contributed by atoms with E-state index < -0.39 is 35.6 Å². The lowest BCUT2D eigenvalue weighted by atomic mass is 9.99. The number of carboxylic acid groups (broad SMARTS) is 2. The van der Waals surface area contributed by atoms with Crippen molar-refractivity contribution in [2.45, 2.75) is 23.7 Å². The van der Waals surface area contributed by atoms with Gasteiger partial charge in [-0.1, -0.05) is 0 Å². The Bertz CT molecular complexity index is 340. The molecule has 0 unspecified atom stereocenters. The predicted molar refractivity (Wildman–Crippen MR) is 35.1 cm³/mol. The third-order valence-corrected chi connectivity index (χ3v) is 1.72. The maximum Gasteiger partial charge on any atom is 0.410 e. The lowest BCUT2D eigenvalue weighted by Crippen LogP contribution is -2.66. The number of rotatable bonds is 5. The number of aliphatic carboxylic acids is 2. The molecular weight excluding hydrogens is 288 g/mol. The predicted octanol–water partition coefficient (Wildman–Crippen LogP) is 1.70. The first-order valence-corrected chi connectivity index (χ1v) is 3.62. The van der Waals surface area contributed by atoms with E-state index in [1.165, 1.54) is 0 Å². The fraction of sp³-hybridized carbons (Fsp3) is 0.667. The van der Waals surface area contributed by atoms with Gasteiger partial charge in [0.05, 0.1) is 0 Å². The van der Waals surface area contributed by atoms with E-state index >= 15 is 0 Å². The van der Waals surface area contributed by atoms with Gasteiger partial charge >= 0.3 is 35.6 Å². The van der Waals surface area contributed by atoms with Crippen LogP contribution in [-0.2, 0) is 9.59 Å². The Hall–Kier alpha value is -1.62. The van der Waals surface area contributed by atoms with Crippen molar-refractivity contribution in [2.24, 2.45) is 0 Å². The van der Waals surface area contributed by atoms with Gasteiger partial charge in [0.15, 0.2) is 0 Å². The molecule has 0 fully saturated rings. The number of carbonyl (C=O) groups is 2. The average Bonchev–Trinajstić information content (AvgIpc) is 2.15. The second kappa shape index (κ2) is 3.95. The van der Waals surface area contributed by atoms with E-state index in [1.54, 1.807) is 0 Å². The molecule has 0 saturated heterocycles. The Labute approximate surface area is 91.8 Å². The minimum atomic E-state index is -7.12. The molecule has 18 heavy (non-hydrogen) atoms. The highest BCUT2D eigenvalue weighted by molar-refractivity contribution is 5.80. The fourth-order valence-corrected chi connectivity index (χ4v) is 0.663. The summed E-state index contributed by atoms with van der Waals surface area (Å²) in [5.41, 5.74) is 0. The van der Waals surface area contributed by atoms with Crippen molar-refractivity contribution in [3.05, 3.63) is 0 Å². The summed E-state index contributed by atoms with van der Waals surface area (Å²) in [4.78, 5) is 19.3. The monoisotopic (exact) mass is 290 g/mol. The molecule has 0 amide bonds. The zero-order valence-electron chi connectivity index (χ0n) is 7.73. The van der Waals surface area contributed by atoms with Crippen molar-refractivity contribution in [2.75, 3.05) is 0 Å². The highest BCUT2D eigenvalue weighted by Gasteiger charge is 2.85.